The molecule has 1 aliphatic rings. The minimum Gasteiger partial charge on any atom is -0.469 e. The highest BCUT2D eigenvalue weighted by Gasteiger charge is 2.27. The first-order valence-corrected chi connectivity index (χ1v) is 9.07. The molecule has 7 heteroatoms. The zero-order chi connectivity index (χ0) is 18.8. The summed E-state index contributed by atoms with van der Waals surface area (Å²) in [6, 6.07) is 1.82. The molecule has 1 amide bonds. The number of aromatic nitrogens is 3. The number of hydrogen-bond acceptors (Lipinski definition) is 5. The third kappa shape index (κ3) is 3.57. The van der Waals surface area contributed by atoms with Gasteiger partial charge in [-0.15, -0.1) is 0 Å². The monoisotopic (exact) mass is 358 g/mol. The Morgan fingerprint density at radius 3 is 2.62 bits per heavy atom. The van der Waals surface area contributed by atoms with Gasteiger partial charge in [-0.2, -0.15) is 5.10 Å². The Morgan fingerprint density at radius 1 is 1.27 bits per heavy atom. The van der Waals surface area contributed by atoms with Gasteiger partial charge in [-0.3, -0.25) is 14.3 Å². The van der Waals surface area contributed by atoms with E-state index in [0.717, 1.165) is 48.1 Å². The van der Waals surface area contributed by atoms with Crippen molar-refractivity contribution in [3.8, 4) is 0 Å². The molecule has 0 unspecified atom stereocenters. The Hall–Kier alpha value is -2.44. The number of hydrogen-bond donors (Lipinski definition) is 1. The second-order valence-corrected chi connectivity index (χ2v) is 7.17. The molecule has 0 radical (unpaired) electrons. The third-order valence-electron chi connectivity index (χ3n) is 5.27. The maximum Gasteiger partial charge on any atom is 0.308 e. The van der Waals surface area contributed by atoms with Gasteiger partial charge >= 0.3 is 5.97 Å². The van der Waals surface area contributed by atoms with Crippen molar-refractivity contribution in [1.29, 1.82) is 0 Å². The van der Waals surface area contributed by atoms with Crippen LogP contribution < -0.4 is 5.32 Å². The Bertz CT molecular complexity index is 835. The van der Waals surface area contributed by atoms with Gasteiger partial charge in [0.2, 0.25) is 0 Å². The Kier molecular flexibility index (Phi) is 5.25. The molecular weight excluding hydrogens is 332 g/mol. The molecule has 0 atom stereocenters. The van der Waals surface area contributed by atoms with E-state index in [4.69, 9.17) is 4.74 Å². The van der Waals surface area contributed by atoms with Crippen LogP contribution in [-0.4, -0.2) is 40.3 Å². The molecule has 1 saturated carbocycles. The highest BCUT2D eigenvalue weighted by molar-refractivity contribution is 6.06. The van der Waals surface area contributed by atoms with Crippen molar-refractivity contribution in [3.05, 3.63) is 23.0 Å². The molecule has 1 N–H and O–H groups in total. The van der Waals surface area contributed by atoms with Gasteiger partial charge in [0.15, 0.2) is 5.65 Å². The van der Waals surface area contributed by atoms with Crippen molar-refractivity contribution >= 4 is 22.9 Å². The summed E-state index contributed by atoms with van der Waals surface area (Å²) in [4.78, 5) is 28.9. The second kappa shape index (κ2) is 7.43. The molecule has 2 aromatic rings. The smallest absolute Gasteiger partial charge is 0.308 e. The van der Waals surface area contributed by atoms with Crippen LogP contribution in [0.25, 0.3) is 11.0 Å². The number of nitrogens with zero attached hydrogens (tertiary/aromatic N) is 3. The SMILES string of the molecule is COC(=O)C1CCC(CNC(=O)c2cc(C)nc3c2c(C)nn3C)CC1. The number of methoxy groups -OCH3 is 1. The summed E-state index contributed by atoms with van der Waals surface area (Å²) in [5, 5.41) is 8.26. The number of rotatable bonds is 4. The average molecular weight is 358 g/mol. The largest absolute Gasteiger partial charge is 0.469 e. The number of aryl methyl sites for hydroxylation is 3. The standard InChI is InChI=1S/C19H26N4O3/c1-11-9-15(16-12(2)22-23(3)17(16)21-11)18(24)20-10-13-5-7-14(8-6-13)19(25)26-4/h9,13-14H,5-8,10H2,1-4H3,(H,20,24). The number of pyridine rings is 1. The first-order chi connectivity index (χ1) is 12.4. The lowest BCUT2D eigenvalue weighted by atomic mass is 9.82. The highest BCUT2D eigenvalue weighted by atomic mass is 16.5. The van der Waals surface area contributed by atoms with Gasteiger partial charge in [0, 0.05) is 19.3 Å². The average Bonchev–Trinajstić information content (AvgIpc) is 2.92. The predicted octanol–water partition coefficient (Wildman–Crippen LogP) is 2.29. The van der Waals surface area contributed by atoms with Gasteiger partial charge in [0.05, 0.1) is 29.7 Å². The van der Waals surface area contributed by atoms with E-state index in [0.29, 0.717) is 18.0 Å². The van der Waals surface area contributed by atoms with Crippen molar-refractivity contribution in [2.75, 3.05) is 13.7 Å². The van der Waals surface area contributed by atoms with Gasteiger partial charge in [0.25, 0.3) is 5.91 Å². The van der Waals surface area contributed by atoms with E-state index in [1.165, 1.54) is 7.11 Å². The molecule has 0 aromatic carbocycles. The van der Waals surface area contributed by atoms with Crippen LogP contribution in [0.5, 0.6) is 0 Å². The zero-order valence-corrected chi connectivity index (χ0v) is 15.8. The molecule has 1 aliphatic carbocycles. The Morgan fingerprint density at radius 2 is 1.96 bits per heavy atom. The van der Waals surface area contributed by atoms with Crippen LogP contribution in [0, 0.1) is 25.7 Å². The fourth-order valence-electron chi connectivity index (χ4n) is 3.85. The van der Waals surface area contributed by atoms with Crippen molar-refractivity contribution in [2.24, 2.45) is 18.9 Å². The molecular formula is C19H26N4O3. The topological polar surface area (TPSA) is 86.1 Å². The molecule has 0 bridgehead atoms. The number of ether oxygens (including phenoxy) is 1. The van der Waals surface area contributed by atoms with Crippen molar-refractivity contribution in [2.45, 2.75) is 39.5 Å². The molecule has 140 valence electrons. The Balaban J connectivity index is 1.66. The van der Waals surface area contributed by atoms with Crippen LogP contribution in [-0.2, 0) is 16.6 Å². The lowest BCUT2D eigenvalue weighted by molar-refractivity contribution is -0.146. The summed E-state index contributed by atoms with van der Waals surface area (Å²) in [5.74, 6) is 0.196. The summed E-state index contributed by atoms with van der Waals surface area (Å²) < 4.78 is 6.53. The number of carbonyl (C=O) groups excluding carboxylic acids is 2. The first-order valence-electron chi connectivity index (χ1n) is 9.07. The van der Waals surface area contributed by atoms with Crippen molar-refractivity contribution in [1.82, 2.24) is 20.1 Å². The van der Waals surface area contributed by atoms with Gasteiger partial charge in [-0.1, -0.05) is 0 Å². The second-order valence-electron chi connectivity index (χ2n) is 7.17. The lowest BCUT2D eigenvalue weighted by Gasteiger charge is -2.27. The van der Waals surface area contributed by atoms with Gasteiger partial charge in [0.1, 0.15) is 0 Å². The molecule has 2 heterocycles. The fraction of sp³-hybridized carbons (Fsp3) is 0.579. The van der Waals surface area contributed by atoms with Gasteiger partial charge in [-0.05, 0) is 51.5 Å². The number of fused-ring (bicyclic) bond motifs is 1. The Labute approximate surface area is 153 Å². The fourth-order valence-corrected chi connectivity index (χ4v) is 3.85. The summed E-state index contributed by atoms with van der Waals surface area (Å²) in [6.07, 6.45) is 3.51. The van der Waals surface area contributed by atoms with Gasteiger partial charge in [-0.25, -0.2) is 4.98 Å². The summed E-state index contributed by atoms with van der Waals surface area (Å²) in [5.41, 5.74) is 2.95. The molecule has 0 spiro atoms. The first kappa shape index (κ1) is 18.4. The van der Waals surface area contributed by atoms with E-state index in [-0.39, 0.29) is 17.8 Å². The summed E-state index contributed by atoms with van der Waals surface area (Å²) in [7, 11) is 3.27. The van der Waals surface area contributed by atoms with Crippen LogP contribution in [0.1, 0.15) is 47.4 Å². The lowest BCUT2D eigenvalue weighted by Crippen LogP contribution is -2.32. The summed E-state index contributed by atoms with van der Waals surface area (Å²) in [6.45, 7) is 4.39. The summed E-state index contributed by atoms with van der Waals surface area (Å²) >= 11 is 0. The molecule has 1 fully saturated rings. The van der Waals surface area contributed by atoms with Crippen LogP contribution in [0.15, 0.2) is 6.07 Å². The molecule has 7 nitrogen and oxygen atoms in total. The van der Waals surface area contributed by atoms with Crippen LogP contribution in [0.2, 0.25) is 0 Å². The molecule has 0 saturated heterocycles. The normalized spacial score (nSPS) is 20.2. The minimum absolute atomic E-state index is 0.00691. The van der Waals surface area contributed by atoms with Gasteiger partial charge < -0.3 is 10.1 Å². The highest BCUT2D eigenvalue weighted by Crippen LogP contribution is 2.29. The number of amides is 1. The predicted molar refractivity (Wildman–Crippen MR) is 97.8 cm³/mol. The van der Waals surface area contributed by atoms with E-state index in [9.17, 15) is 9.59 Å². The van der Waals surface area contributed by atoms with Crippen LogP contribution in [0.3, 0.4) is 0 Å². The zero-order valence-electron chi connectivity index (χ0n) is 15.8. The van der Waals surface area contributed by atoms with Crippen molar-refractivity contribution < 1.29 is 14.3 Å². The number of nitrogens with one attached hydrogen (secondary N) is 1. The van der Waals surface area contributed by atoms with E-state index in [2.05, 4.69) is 15.4 Å². The number of esters is 1. The van der Waals surface area contributed by atoms with Crippen molar-refractivity contribution in [3.63, 3.8) is 0 Å². The van der Waals surface area contributed by atoms with Crippen LogP contribution in [0.4, 0.5) is 0 Å². The molecule has 2 aromatic heterocycles. The van der Waals surface area contributed by atoms with E-state index in [1.807, 2.05) is 27.0 Å². The molecule has 0 aliphatic heterocycles. The molecule has 26 heavy (non-hydrogen) atoms. The maximum atomic E-state index is 12.8. The number of carbonyl (C=O) groups is 2. The quantitative estimate of drug-likeness (QED) is 0.848. The third-order valence-corrected chi connectivity index (χ3v) is 5.27. The van der Waals surface area contributed by atoms with E-state index < -0.39 is 0 Å². The van der Waals surface area contributed by atoms with E-state index >= 15 is 0 Å². The van der Waals surface area contributed by atoms with Crippen LogP contribution >= 0.6 is 0 Å². The maximum absolute atomic E-state index is 12.8. The minimum atomic E-state index is -0.116. The van der Waals surface area contributed by atoms with E-state index in [1.54, 1.807) is 4.68 Å². The molecule has 3 rings (SSSR count).